The summed E-state index contributed by atoms with van der Waals surface area (Å²) in [5.41, 5.74) is 4.99. The maximum atomic E-state index is 4.73. The quantitative estimate of drug-likeness (QED) is 0.414. The van der Waals surface area contributed by atoms with Gasteiger partial charge in [-0.15, -0.1) is 0 Å². The second-order valence-electron chi connectivity index (χ2n) is 8.01. The highest BCUT2D eigenvalue weighted by atomic mass is 79.9. The lowest BCUT2D eigenvalue weighted by Crippen LogP contribution is -2.45. The predicted molar refractivity (Wildman–Crippen MR) is 128 cm³/mol. The van der Waals surface area contributed by atoms with Crippen molar-refractivity contribution in [2.24, 2.45) is 0 Å². The first kappa shape index (κ1) is 19.3. The molecule has 0 radical (unpaired) electrons. The summed E-state index contributed by atoms with van der Waals surface area (Å²) in [5.74, 6) is 1.10. The number of hydrogen-bond donors (Lipinski definition) is 0. The number of anilines is 1. The van der Waals surface area contributed by atoms with Crippen molar-refractivity contribution < 1.29 is 0 Å². The zero-order valence-corrected chi connectivity index (χ0v) is 18.7. The molecule has 0 atom stereocenters. The number of halogens is 1. The van der Waals surface area contributed by atoms with Gasteiger partial charge in [0.1, 0.15) is 5.82 Å². The molecule has 3 heterocycles. The molecule has 4 aromatic rings. The van der Waals surface area contributed by atoms with Crippen LogP contribution >= 0.6 is 15.9 Å². The fraction of sp³-hybridized carbons (Fsp3) is 0.240. The molecule has 0 saturated carbocycles. The molecule has 1 fully saturated rings. The second-order valence-corrected chi connectivity index (χ2v) is 8.92. The average Bonchev–Trinajstić information content (AvgIpc) is 3.16. The van der Waals surface area contributed by atoms with Crippen LogP contribution in [0.25, 0.3) is 22.0 Å². The van der Waals surface area contributed by atoms with Crippen LogP contribution in [-0.2, 0) is 6.54 Å². The molecule has 5 heteroatoms. The third-order valence-electron chi connectivity index (χ3n) is 5.94. The van der Waals surface area contributed by atoms with E-state index in [4.69, 9.17) is 4.98 Å². The normalized spacial score (nSPS) is 15.1. The predicted octanol–water partition coefficient (Wildman–Crippen LogP) is 5.27. The Morgan fingerprint density at radius 3 is 2.53 bits per heavy atom. The maximum absolute atomic E-state index is 4.73. The summed E-state index contributed by atoms with van der Waals surface area (Å²) >= 11 is 3.56. The third kappa shape index (κ3) is 3.87. The van der Waals surface area contributed by atoms with Gasteiger partial charge < -0.3 is 14.4 Å². The maximum Gasteiger partial charge on any atom is 0.136 e. The molecule has 0 amide bonds. The minimum Gasteiger partial charge on any atom is -0.354 e. The third-order valence-corrected chi connectivity index (χ3v) is 6.43. The van der Waals surface area contributed by atoms with E-state index in [1.165, 1.54) is 27.6 Å². The Bertz CT molecular complexity index is 1160. The van der Waals surface area contributed by atoms with Crippen LogP contribution < -0.4 is 4.90 Å². The molecule has 0 spiro atoms. The lowest BCUT2D eigenvalue weighted by molar-refractivity contribution is 0.312. The zero-order valence-electron chi connectivity index (χ0n) is 17.1. The van der Waals surface area contributed by atoms with Gasteiger partial charge in [0.2, 0.25) is 0 Å². The monoisotopic (exact) mass is 460 g/mol. The minimum absolute atomic E-state index is 0.865. The molecule has 1 aliphatic rings. The number of hydrogen-bond acceptors (Lipinski definition) is 3. The molecular weight excluding hydrogens is 436 g/mol. The van der Waals surface area contributed by atoms with Crippen molar-refractivity contribution in [2.75, 3.05) is 38.1 Å². The summed E-state index contributed by atoms with van der Waals surface area (Å²) in [4.78, 5) is 9.51. The number of aromatic nitrogens is 2. The van der Waals surface area contributed by atoms with E-state index < -0.39 is 0 Å². The Balaban J connectivity index is 1.39. The van der Waals surface area contributed by atoms with Gasteiger partial charge in [-0.1, -0.05) is 40.2 Å². The largest absolute Gasteiger partial charge is 0.354 e. The van der Waals surface area contributed by atoms with Crippen LogP contribution in [0.5, 0.6) is 0 Å². The lowest BCUT2D eigenvalue weighted by Gasteiger charge is -2.34. The highest BCUT2D eigenvalue weighted by molar-refractivity contribution is 9.10. The van der Waals surface area contributed by atoms with E-state index in [1.54, 1.807) is 0 Å². The van der Waals surface area contributed by atoms with E-state index in [1.807, 2.05) is 12.3 Å². The molecule has 5 rings (SSSR count). The summed E-state index contributed by atoms with van der Waals surface area (Å²) in [6.45, 7) is 5.07. The van der Waals surface area contributed by atoms with Gasteiger partial charge >= 0.3 is 0 Å². The highest BCUT2D eigenvalue weighted by Crippen LogP contribution is 2.30. The molecule has 0 aliphatic carbocycles. The van der Waals surface area contributed by atoms with Crippen molar-refractivity contribution in [1.82, 2.24) is 14.5 Å². The van der Waals surface area contributed by atoms with Gasteiger partial charge in [0.15, 0.2) is 0 Å². The summed E-state index contributed by atoms with van der Waals surface area (Å²) in [6.07, 6.45) is 4.07. The Morgan fingerprint density at radius 2 is 1.73 bits per heavy atom. The van der Waals surface area contributed by atoms with Crippen LogP contribution in [0.1, 0.15) is 5.56 Å². The molecule has 1 aliphatic heterocycles. The van der Waals surface area contributed by atoms with Gasteiger partial charge in [0.25, 0.3) is 0 Å². The van der Waals surface area contributed by atoms with Crippen molar-refractivity contribution in [2.45, 2.75) is 6.54 Å². The first-order valence-electron chi connectivity index (χ1n) is 10.4. The van der Waals surface area contributed by atoms with Gasteiger partial charge in [-0.05, 0) is 54.6 Å². The first-order chi connectivity index (χ1) is 14.7. The topological polar surface area (TPSA) is 24.3 Å². The van der Waals surface area contributed by atoms with Crippen LogP contribution in [0.2, 0.25) is 0 Å². The van der Waals surface area contributed by atoms with Crippen LogP contribution in [0.15, 0.2) is 77.5 Å². The van der Waals surface area contributed by atoms with E-state index in [0.717, 1.165) is 43.0 Å². The molecule has 1 saturated heterocycles. The Hall–Kier alpha value is -2.63. The van der Waals surface area contributed by atoms with Crippen LogP contribution in [0.4, 0.5) is 5.82 Å². The SMILES string of the molecule is CN1CCN(c2ncccc2-c2ccc(Cn3ccc4cc(Br)ccc43)cc2)CC1. The molecular formula is C25H25BrN4. The van der Waals surface area contributed by atoms with Crippen molar-refractivity contribution >= 4 is 32.7 Å². The fourth-order valence-corrected chi connectivity index (χ4v) is 4.57. The van der Waals surface area contributed by atoms with E-state index in [2.05, 4.69) is 98.1 Å². The van der Waals surface area contributed by atoms with Crippen molar-refractivity contribution in [1.29, 1.82) is 0 Å². The summed E-state index contributed by atoms with van der Waals surface area (Å²) < 4.78 is 3.42. The molecule has 152 valence electrons. The fourth-order valence-electron chi connectivity index (χ4n) is 4.19. The summed E-state index contributed by atoms with van der Waals surface area (Å²) in [5, 5.41) is 1.26. The number of pyridine rings is 1. The number of likely N-dealkylation sites (N-methyl/N-ethyl adjacent to an activating group) is 1. The van der Waals surface area contributed by atoms with Crippen LogP contribution in [0.3, 0.4) is 0 Å². The average molecular weight is 461 g/mol. The molecule has 2 aromatic carbocycles. The Morgan fingerprint density at radius 1 is 0.933 bits per heavy atom. The second kappa shape index (κ2) is 8.25. The van der Waals surface area contributed by atoms with Gasteiger partial charge in [-0.25, -0.2) is 4.98 Å². The van der Waals surface area contributed by atoms with Crippen molar-refractivity contribution in [3.8, 4) is 11.1 Å². The number of benzene rings is 2. The summed E-state index contributed by atoms with van der Waals surface area (Å²) in [7, 11) is 2.18. The number of fused-ring (bicyclic) bond motifs is 1. The van der Waals surface area contributed by atoms with Crippen LogP contribution in [-0.4, -0.2) is 47.7 Å². The van der Waals surface area contributed by atoms with E-state index >= 15 is 0 Å². The molecule has 4 nitrogen and oxygen atoms in total. The van der Waals surface area contributed by atoms with Gasteiger partial charge in [0, 0.05) is 66.1 Å². The van der Waals surface area contributed by atoms with Crippen LogP contribution in [0, 0.1) is 0 Å². The highest BCUT2D eigenvalue weighted by Gasteiger charge is 2.18. The summed E-state index contributed by atoms with van der Waals surface area (Å²) in [6, 6.07) is 21.8. The zero-order chi connectivity index (χ0) is 20.5. The van der Waals surface area contributed by atoms with E-state index in [0.29, 0.717) is 0 Å². The Kier molecular flexibility index (Phi) is 5.32. The Labute approximate surface area is 185 Å². The van der Waals surface area contributed by atoms with Gasteiger partial charge in [-0.3, -0.25) is 0 Å². The molecule has 0 bridgehead atoms. The number of nitrogens with zero attached hydrogens (tertiary/aromatic N) is 4. The first-order valence-corrected chi connectivity index (χ1v) is 11.2. The number of piperazine rings is 1. The van der Waals surface area contributed by atoms with E-state index in [9.17, 15) is 0 Å². The molecule has 2 aromatic heterocycles. The van der Waals surface area contributed by atoms with Gasteiger partial charge in [-0.2, -0.15) is 0 Å². The van der Waals surface area contributed by atoms with Crippen molar-refractivity contribution in [3.05, 3.63) is 83.1 Å². The van der Waals surface area contributed by atoms with E-state index in [-0.39, 0.29) is 0 Å². The lowest BCUT2D eigenvalue weighted by atomic mass is 10.0. The van der Waals surface area contributed by atoms with Crippen molar-refractivity contribution in [3.63, 3.8) is 0 Å². The molecule has 30 heavy (non-hydrogen) atoms. The standard InChI is InChI=1S/C25H25BrN4/c1-28-13-15-29(16-14-28)25-23(3-2-11-27-25)20-6-4-19(5-7-20)18-30-12-10-21-17-22(26)8-9-24(21)30/h2-12,17H,13-16,18H2,1H3. The molecule has 0 N–H and O–H groups in total. The molecule has 0 unspecified atom stereocenters. The smallest absolute Gasteiger partial charge is 0.136 e. The van der Waals surface area contributed by atoms with Gasteiger partial charge in [0.05, 0.1) is 0 Å². The number of rotatable bonds is 4. The minimum atomic E-state index is 0.865.